The Kier molecular flexibility index (Phi) is 5.75. The van der Waals surface area contributed by atoms with Crippen molar-refractivity contribution in [1.29, 1.82) is 0 Å². The van der Waals surface area contributed by atoms with Crippen LogP contribution in [0.5, 0.6) is 0 Å². The van der Waals surface area contributed by atoms with Crippen LogP contribution in [0, 0.1) is 12.7 Å². The molecule has 0 amide bonds. The minimum absolute atomic E-state index is 0.0146. The molecule has 0 aliphatic heterocycles. The van der Waals surface area contributed by atoms with Gasteiger partial charge < -0.3 is 4.42 Å². The maximum atomic E-state index is 13.2. The molecule has 24 heavy (non-hydrogen) atoms. The van der Waals surface area contributed by atoms with Crippen molar-refractivity contribution in [2.24, 2.45) is 0 Å². The molecule has 10 heteroatoms. The largest absolute Gasteiger partial charge is 0.468 e. The van der Waals surface area contributed by atoms with E-state index in [-0.39, 0.29) is 23.5 Å². The third-order valence-corrected chi connectivity index (χ3v) is 5.93. The summed E-state index contributed by atoms with van der Waals surface area (Å²) in [6.07, 6.45) is 1.42. The van der Waals surface area contributed by atoms with Crippen LogP contribution in [0.25, 0.3) is 0 Å². The van der Waals surface area contributed by atoms with Crippen LogP contribution in [-0.2, 0) is 26.6 Å². The van der Waals surface area contributed by atoms with Gasteiger partial charge in [-0.15, -0.1) is 0 Å². The summed E-state index contributed by atoms with van der Waals surface area (Å²) in [7, 11) is -7.58. The molecule has 1 heterocycles. The predicted molar refractivity (Wildman–Crippen MR) is 85.7 cm³/mol. The van der Waals surface area contributed by atoms with Crippen molar-refractivity contribution in [2.75, 3.05) is 12.3 Å². The lowest BCUT2D eigenvalue weighted by atomic mass is 10.2. The van der Waals surface area contributed by atoms with Gasteiger partial charge >= 0.3 is 0 Å². The van der Waals surface area contributed by atoms with Crippen LogP contribution in [0.3, 0.4) is 0 Å². The molecule has 0 fully saturated rings. The number of halogens is 1. The number of benzene rings is 1. The fourth-order valence-electron chi connectivity index (χ4n) is 1.84. The molecule has 0 bridgehead atoms. The normalized spacial score (nSPS) is 12.4. The molecule has 0 radical (unpaired) electrons. The highest BCUT2D eigenvalue weighted by Crippen LogP contribution is 2.13. The Bertz CT molecular complexity index is 893. The number of nitrogens with one attached hydrogen (secondary N) is 2. The molecule has 0 saturated heterocycles. The molecule has 0 aliphatic rings. The van der Waals surface area contributed by atoms with Crippen molar-refractivity contribution in [3.8, 4) is 0 Å². The van der Waals surface area contributed by atoms with E-state index < -0.39 is 31.6 Å². The molecule has 2 aromatic rings. The van der Waals surface area contributed by atoms with Crippen LogP contribution in [0.15, 0.2) is 45.9 Å². The molecule has 0 aliphatic carbocycles. The van der Waals surface area contributed by atoms with Gasteiger partial charge in [0, 0.05) is 6.54 Å². The molecular formula is C14H17FN2O5S2. The van der Waals surface area contributed by atoms with Crippen molar-refractivity contribution in [3.63, 3.8) is 0 Å². The summed E-state index contributed by atoms with van der Waals surface area (Å²) in [6, 6.07) is 6.59. The Morgan fingerprint density at radius 1 is 1.12 bits per heavy atom. The Labute approximate surface area is 140 Å². The van der Waals surface area contributed by atoms with Crippen LogP contribution in [0.1, 0.15) is 11.3 Å². The van der Waals surface area contributed by atoms with Gasteiger partial charge in [-0.1, -0.05) is 0 Å². The van der Waals surface area contributed by atoms with Crippen molar-refractivity contribution in [3.05, 3.63) is 53.7 Å². The van der Waals surface area contributed by atoms with E-state index in [1.165, 1.54) is 19.3 Å². The van der Waals surface area contributed by atoms with Crippen LogP contribution < -0.4 is 9.44 Å². The molecule has 0 saturated carbocycles. The first kappa shape index (κ1) is 18.6. The summed E-state index contributed by atoms with van der Waals surface area (Å²) < 4.78 is 70.4. The average molecular weight is 376 g/mol. The van der Waals surface area contributed by atoms with E-state index in [1.54, 1.807) is 12.1 Å². The van der Waals surface area contributed by atoms with Crippen LogP contribution >= 0.6 is 0 Å². The highest BCUT2D eigenvalue weighted by atomic mass is 32.2. The Morgan fingerprint density at radius 2 is 1.88 bits per heavy atom. The molecule has 1 aromatic heterocycles. The lowest BCUT2D eigenvalue weighted by Gasteiger charge is -2.09. The lowest BCUT2D eigenvalue weighted by Crippen LogP contribution is -2.34. The maximum absolute atomic E-state index is 13.2. The molecule has 132 valence electrons. The number of rotatable bonds is 8. The SMILES string of the molecule is Cc1cc(S(=O)(=O)NCCS(=O)(=O)NCc2ccco2)ccc1F. The molecule has 2 rings (SSSR count). The zero-order valence-corrected chi connectivity index (χ0v) is 14.5. The van der Waals surface area contributed by atoms with Gasteiger partial charge in [-0.05, 0) is 42.8 Å². The fraction of sp³-hybridized carbons (Fsp3) is 0.286. The van der Waals surface area contributed by atoms with Gasteiger partial charge in [0.05, 0.1) is 23.5 Å². The molecular weight excluding hydrogens is 359 g/mol. The van der Waals surface area contributed by atoms with Crippen molar-refractivity contribution >= 4 is 20.0 Å². The molecule has 7 nitrogen and oxygen atoms in total. The summed E-state index contributed by atoms with van der Waals surface area (Å²) in [6.45, 7) is 1.11. The van der Waals surface area contributed by atoms with E-state index in [9.17, 15) is 21.2 Å². The third-order valence-electron chi connectivity index (χ3n) is 3.15. The first-order valence-electron chi connectivity index (χ1n) is 6.95. The zero-order valence-electron chi connectivity index (χ0n) is 12.8. The number of sulfonamides is 2. The first-order valence-corrected chi connectivity index (χ1v) is 10.1. The summed E-state index contributed by atoms with van der Waals surface area (Å²) in [5, 5.41) is 0. The Hall–Kier alpha value is -1.75. The smallest absolute Gasteiger partial charge is 0.240 e. The van der Waals surface area contributed by atoms with E-state index in [4.69, 9.17) is 4.42 Å². The lowest BCUT2D eigenvalue weighted by molar-refractivity contribution is 0.498. The van der Waals surface area contributed by atoms with Gasteiger partial charge in [0.25, 0.3) is 0 Å². The Morgan fingerprint density at radius 3 is 2.50 bits per heavy atom. The highest BCUT2D eigenvalue weighted by molar-refractivity contribution is 7.90. The van der Waals surface area contributed by atoms with Crippen LogP contribution in [0.4, 0.5) is 4.39 Å². The van der Waals surface area contributed by atoms with Gasteiger partial charge in [-0.25, -0.2) is 30.7 Å². The van der Waals surface area contributed by atoms with Crippen LogP contribution in [-0.4, -0.2) is 29.1 Å². The standard InChI is InChI=1S/C14H17FN2O5S2/c1-11-9-13(4-5-14(11)15)24(20,21)16-6-8-23(18,19)17-10-12-3-2-7-22-12/h2-5,7,9,16-17H,6,8,10H2,1H3. The number of hydrogen-bond donors (Lipinski definition) is 2. The quantitative estimate of drug-likeness (QED) is 0.718. The predicted octanol–water partition coefficient (Wildman–Crippen LogP) is 1.13. The average Bonchev–Trinajstić information content (AvgIpc) is 3.01. The van der Waals surface area contributed by atoms with Crippen molar-refractivity contribution in [2.45, 2.75) is 18.4 Å². The van der Waals surface area contributed by atoms with E-state index in [0.717, 1.165) is 12.1 Å². The fourth-order valence-corrected chi connectivity index (χ4v) is 3.97. The Balaban J connectivity index is 1.90. The molecule has 1 aromatic carbocycles. The van der Waals surface area contributed by atoms with Gasteiger partial charge in [-0.2, -0.15) is 0 Å². The summed E-state index contributed by atoms with van der Waals surface area (Å²) in [5.41, 5.74) is 0.186. The molecule has 0 unspecified atom stereocenters. The molecule has 0 atom stereocenters. The second-order valence-corrected chi connectivity index (χ2v) is 8.72. The van der Waals surface area contributed by atoms with E-state index in [1.807, 2.05) is 0 Å². The highest BCUT2D eigenvalue weighted by Gasteiger charge is 2.17. The van der Waals surface area contributed by atoms with E-state index >= 15 is 0 Å². The zero-order chi connectivity index (χ0) is 17.8. The third kappa shape index (κ3) is 5.13. The summed E-state index contributed by atoms with van der Waals surface area (Å²) in [5.74, 6) is -0.507. The number of hydrogen-bond acceptors (Lipinski definition) is 5. The van der Waals surface area contributed by atoms with Crippen molar-refractivity contribution in [1.82, 2.24) is 9.44 Å². The minimum Gasteiger partial charge on any atom is -0.468 e. The maximum Gasteiger partial charge on any atom is 0.240 e. The second kappa shape index (κ2) is 7.43. The molecule has 0 spiro atoms. The number of furan rings is 1. The second-order valence-electron chi connectivity index (χ2n) is 5.03. The monoisotopic (exact) mass is 376 g/mol. The van der Waals surface area contributed by atoms with Gasteiger partial charge in [-0.3, -0.25) is 0 Å². The topological polar surface area (TPSA) is 105 Å². The van der Waals surface area contributed by atoms with Gasteiger partial charge in [0.2, 0.25) is 20.0 Å². The summed E-state index contributed by atoms with van der Waals surface area (Å²) in [4.78, 5) is -0.123. The minimum atomic E-state index is -3.91. The van der Waals surface area contributed by atoms with Gasteiger partial charge in [0.15, 0.2) is 0 Å². The van der Waals surface area contributed by atoms with E-state index in [0.29, 0.717) is 5.76 Å². The first-order chi connectivity index (χ1) is 11.2. The van der Waals surface area contributed by atoms with Crippen LogP contribution in [0.2, 0.25) is 0 Å². The number of aryl methyl sites for hydroxylation is 1. The van der Waals surface area contributed by atoms with E-state index in [2.05, 4.69) is 9.44 Å². The molecule has 2 N–H and O–H groups in total. The van der Waals surface area contributed by atoms with Crippen molar-refractivity contribution < 1.29 is 25.6 Å². The summed E-state index contributed by atoms with van der Waals surface area (Å²) >= 11 is 0. The van der Waals surface area contributed by atoms with Gasteiger partial charge in [0.1, 0.15) is 11.6 Å².